The van der Waals surface area contributed by atoms with Crippen molar-refractivity contribution in [3.8, 4) is 0 Å². The van der Waals surface area contributed by atoms with Crippen LogP contribution < -0.4 is 5.32 Å². The molecule has 0 aromatic heterocycles. The number of ether oxygens (including phenoxy) is 1. The zero-order chi connectivity index (χ0) is 22.7. The highest BCUT2D eigenvalue weighted by atomic mass is 35.5. The van der Waals surface area contributed by atoms with Gasteiger partial charge >= 0.3 is 5.97 Å². The summed E-state index contributed by atoms with van der Waals surface area (Å²) in [6.45, 7) is 3.69. The topological polar surface area (TPSA) is 92.8 Å². The molecular formula is C22H20Cl2N2O5. The van der Waals surface area contributed by atoms with Crippen molar-refractivity contribution in [2.75, 3.05) is 11.9 Å². The van der Waals surface area contributed by atoms with Crippen molar-refractivity contribution >= 4 is 52.6 Å². The number of rotatable bonds is 7. The van der Waals surface area contributed by atoms with Crippen LogP contribution in [0.15, 0.2) is 36.4 Å². The van der Waals surface area contributed by atoms with Gasteiger partial charge in [0.1, 0.15) is 0 Å². The van der Waals surface area contributed by atoms with Gasteiger partial charge in [-0.1, -0.05) is 42.6 Å². The van der Waals surface area contributed by atoms with Crippen molar-refractivity contribution in [1.82, 2.24) is 4.90 Å². The predicted molar refractivity (Wildman–Crippen MR) is 117 cm³/mol. The van der Waals surface area contributed by atoms with Gasteiger partial charge in [0.05, 0.1) is 32.4 Å². The summed E-state index contributed by atoms with van der Waals surface area (Å²) in [7, 11) is 0. The number of carbonyl (C=O) groups excluding carboxylic acids is 4. The number of benzene rings is 2. The van der Waals surface area contributed by atoms with Gasteiger partial charge in [0.2, 0.25) is 0 Å². The maximum absolute atomic E-state index is 12.5. The number of amides is 3. The largest absolute Gasteiger partial charge is 0.449 e. The lowest BCUT2D eigenvalue weighted by Gasteiger charge is -2.14. The Kier molecular flexibility index (Phi) is 6.97. The number of fused-ring (bicyclic) bond motifs is 1. The molecule has 1 atom stereocenters. The Bertz CT molecular complexity index is 1070. The average molecular weight is 463 g/mol. The fourth-order valence-electron chi connectivity index (χ4n) is 3.05. The van der Waals surface area contributed by atoms with Crippen molar-refractivity contribution in [1.29, 1.82) is 0 Å². The minimum atomic E-state index is -1.14. The molecule has 0 saturated carbocycles. The Balaban J connectivity index is 1.69. The first-order valence-corrected chi connectivity index (χ1v) is 10.5. The van der Waals surface area contributed by atoms with Crippen LogP contribution in [-0.2, 0) is 9.53 Å². The number of hydrogen-bond donors (Lipinski definition) is 1. The highest BCUT2D eigenvalue weighted by molar-refractivity contribution is 6.44. The van der Waals surface area contributed by atoms with Gasteiger partial charge in [-0.2, -0.15) is 0 Å². The third-order valence-electron chi connectivity index (χ3n) is 4.80. The molecule has 1 N–H and O–H groups in total. The first-order valence-electron chi connectivity index (χ1n) is 9.70. The Morgan fingerprint density at radius 2 is 1.81 bits per heavy atom. The van der Waals surface area contributed by atoms with Crippen molar-refractivity contribution in [2.24, 2.45) is 0 Å². The Morgan fingerprint density at radius 3 is 2.52 bits per heavy atom. The van der Waals surface area contributed by atoms with Gasteiger partial charge in [-0.3, -0.25) is 19.3 Å². The maximum atomic E-state index is 12.5. The summed E-state index contributed by atoms with van der Waals surface area (Å²) in [5, 5.41) is 2.99. The molecule has 1 aliphatic heterocycles. The molecule has 3 rings (SSSR count). The Morgan fingerprint density at radius 1 is 1.10 bits per heavy atom. The summed E-state index contributed by atoms with van der Waals surface area (Å²) >= 11 is 12.0. The fraction of sp³-hybridized carbons (Fsp3) is 0.273. The lowest BCUT2D eigenvalue weighted by Crippen LogP contribution is -2.30. The van der Waals surface area contributed by atoms with Crippen molar-refractivity contribution in [3.05, 3.63) is 63.1 Å². The molecule has 162 valence electrons. The number of unbranched alkanes of at least 4 members (excludes halogenated alkanes) is 1. The second-order valence-electron chi connectivity index (χ2n) is 7.01. The predicted octanol–water partition coefficient (Wildman–Crippen LogP) is 4.57. The van der Waals surface area contributed by atoms with Gasteiger partial charge in [-0.15, -0.1) is 0 Å². The van der Waals surface area contributed by atoms with E-state index in [4.69, 9.17) is 27.9 Å². The molecule has 7 nitrogen and oxygen atoms in total. The number of anilines is 1. The molecule has 1 unspecified atom stereocenters. The molecule has 0 bridgehead atoms. The van der Waals surface area contributed by atoms with Crippen molar-refractivity contribution in [3.63, 3.8) is 0 Å². The van der Waals surface area contributed by atoms with E-state index in [0.717, 1.165) is 6.42 Å². The van der Waals surface area contributed by atoms with E-state index in [0.29, 0.717) is 13.0 Å². The van der Waals surface area contributed by atoms with Crippen LogP contribution in [0, 0.1) is 0 Å². The van der Waals surface area contributed by atoms with Gasteiger partial charge in [0.25, 0.3) is 17.7 Å². The molecule has 0 saturated heterocycles. The number of carbonyl (C=O) groups is 4. The quantitative estimate of drug-likeness (QED) is 0.480. The maximum Gasteiger partial charge on any atom is 0.338 e. The van der Waals surface area contributed by atoms with E-state index in [1.54, 1.807) is 18.2 Å². The van der Waals surface area contributed by atoms with Gasteiger partial charge < -0.3 is 10.1 Å². The molecule has 31 heavy (non-hydrogen) atoms. The van der Waals surface area contributed by atoms with E-state index in [1.807, 2.05) is 6.92 Å². The van der Waals surface area contributed by atoms with Crippen LogP contribution in [-0.4, -0.2) is 41.2 Å². The van der Waals surface area contributed by atoms with Gasteiger partial charge in [-0.25, -0.2) is 4.79 Å². The summed E-state index contributed by atoms with van der Waals surface area (Å²) in [5.74, 6) is -2.21. The highest BCUT2D eigenvalue weighted by Gasteiger charge is 2.35. The summed E-state index contributed by atoms with van der Waals surface area (Å²) in [4.78, 5) is 51.0. The lowest BCUT2D eigenvalue weighted by molar-refractivity contribution is -0.123. The zero-order valence-corrected chi connectivity index (χ0v) is 18.4. The number of halogens is 2. The molecule has 1 aliphatic rings. The van der Waals surface area contributed by atoms with Crippen molar-refractivity contribution < 1.29 is 23.9 Å². The third kappa shape index (κ3) is 4.73. The molecular weight excluding hydrogens is 443 g/mol. The van der Waals surface area contributed by atoms with Crippen LogP contribution in [0.3, 0.4) is 0 Å². The van der Waals surface area contributed by atoms with E-state index in [9.17, 15) is 19.2 Å². The van der Waals surface area contributed by atoms with E-state index >= 15 is 0 Å². The molecule has 1 heterocycles. The smallest absolute Gasteiger partial charge is 0.338 e. The third-order valence-corrected chi connectivity index (χ3v) is 5.62. The van der Waals surface area contributed by atoms with Gasteiger partial charge in [0, 0.05) is 6.54 Å². The second kappa shape index (κ2) is 9.49. The van der Waals surface area contributed by atoms with E-state index in [1.165, 1.54) is 30.0 Å². The van der Waals surface area contributed by atoms with Crippen LogP contribution in [0.4, 0.5) is 5.69 Å². The molecule has 0 fully saturated rings. The normalized spacial score (nSPS) is 13.7. The SMILES string of the molecule is CCCCN1C(=O)c2ccc(C(=O)OC(C)C(=O)Nc3cccc(Cl)c3Cl)cc2C1=O. The Hall–Kier alpha value is -2.90. The number of esters is 1. The van der Waals surface area contributed by atoms with E-state index < -0.39 is 23.9 Å². The summed E-state index contributed by atoms with van der Waals surface area (Å²) in [6, 6.07) is 8.90. The van der Waals surface area contributed by atoms with Gasteiger partial charge in [-0.05, 0) is 43.7 Å². The molecule has 0 radical (unpaired) electrons. The molecule has 2 aromatic rings. The highest BCUT2D eigenvalue weighted by Crippen LogP contribution is 2.30. The number of imide groups is 1. The zero-order valence-electron chi connectivity index (χ0n) is 16.9. The lowest BCUT2D eigenvalue weighted by atomic mass is 10.1. The summed E-state index contributed by atoms with van der Waals surface area (Å²) in [6.07, 6.45) is 0.392. The molecule has 9 heteroatoms. The van der Waals surface area contributed by atoms with Crippen LogP contribution in [0.5, 0.6) is 0 Å². The van der Waals surface area contributed by atoms with Crippen LogP contribution >= 0.6 is 23.2 Å². The summed E-state index contributed by atoms with van der Waals surface area (Å²) in [5.41, 5.74) is 0.756. The van der Waals surface area contributed by atoms with E-state index in [2.05, 4.69) is 5.32 Å². The van der Waals surface area contributed by atoms with Crippen molar-refractivity contribution in [2.45, 2.75) is 32.8 Å². The first-order chi connectivity index (χ1) is 14.7. The monoisotopic (exact) mass is 462 g/mol. The minimum absolute atomic E-state index is 0.0673. The first kappa shape index (κ1) is 22.8. The van der Waals surface area contributed by atoms with Crippen LogP contribution in [0.2, 0.25) is 10.0 Å². The number of nitrogens with zero attached hydrogens (tertiary/aromatic N) is 1. The Labute approximate surface area is 189 Å². The second-order valence-corrected chi connectivity index (χ2v) is 7.80. The molecule has 0 spiro atoms. The standard InChI is InChI=1S/C22H20Cl2N2O5/c1-3-4-10-26-20(28)14-9-8-13(11-15(14)21(26)29)22(30)31-12(2)19(27)25-17-7-5-6-16(23)18(17)24/h5-9,11-12H,3-4,10H2,1-2H3,(H,25,27). The average Bonchev–Trinajstić information content (AvgIpc) is 2.99. The number of hydrogen-bond acceptors (Lipinski definition) is 5. The number of nitrogens with one attached hydrogen (secondary N) is 1. The van der Waals surface area contributed by atoms with Crippen LogP contribution in [0.1, 0.15) is 57.8 Å². The van der Waals surface area contributed by atoms with Gasteiger partial charge in [0.15, 0.2) is 6.10 Å². The van der Waals surface area contributed by atoms with E-state index in [-0.39, 0.29) is 38.3 Å². The van der Waals surface area contributed by atoms with Crippen LogP contribution in [0.25, 0.3) is 0 Å². The fourth-order valence-corrected chi connectivity index (χ4v) is 3.40. The molecule has 3 amide bonds. The summed E-state index contributed by atoms with van der Waals surface area (Å²) < 4.78 is 5.22. The minimum Gasteiger partial charge on any atom is -0.449 e. The molecule has 2 aromatic carbocycles. The molecule has 0 aliphatic carbocycles.